The predicted molar refractivity (Wildman–Crippen MR) is 74.1 cm³/mol. The average Bonchev–Trinajstić information content (AvgIpc) is 2.90. The van der Waals surface area contributed by atoms with Crippen LogP contribution in [0.25, 0.3) is 0 Å². The first kappa shape index (κ1) is 15.2. The number of unbranched alkanes of at least 4 members (excludes halogenated alkanes) is 2. The van der Waals surface area contributed by atoms with E-state index in [9.17, 15) is 0 Å². The van der Waals surface area contributed by atoms with Crippen molar-refractivity contribution in [2.75, 3.05) is 40.5 Å². The van der Waals surface area contributed by atoms with Crippen molar-refractivity contribution in [3.63, 3.8) is 0 Å². The quantitative estimate of drug-likeness (QED) is 0.389. The summed E-state index contributed by atoms with van der Waals surface area (Å²) in [5, 5.41) is 6.62. The molecule has 1 heterocycles. The van der Waals surface area contributed by atoms with Crippen LogP contribution in [-0.2, 0) is 9.47 Å². The zero-order valence-electron chi connectivity index (χ0n) is 11.7. The second-order valence-corrected chi connectivity index (χ2v) is 4.57. The Kier molecular flexibility index (Phi) is 8.59. The number of aliphatic imine (C=N–C) groups is 1. The van der Waals surface area contributed by atoms with Crippen molar-refractivity contribution in [1.29, 1.82) is 0 Å². The molecular weight excluding hydrogens is 230 g/mol. The van der Waals surface area contributed by atoms with E-state index in [0.717, 1.165) is 51.5 Å². The summed E-state index contributed by atoms with van der Waals surface area (Å²) in [6, 6.07) is 0. The smallest absolute Gasteiger partial charge is 0.191 e. The minimum Gasteiger partial charge on any atom is -0.385 e. The van der Waals surface area contributed by atoms with Crippen molar-refractivity contribution >= 4 is 5.96 Å². The van der Waals surface area contributed by atoms with E-state index in [1.165, 1.54) is 12.8 Å². The third-order valence-electron chi connectivity index (χ3n) is 3.06. The van der Waals surface area contributed by atoms with Crippen LogP contribution in [0, 0.1) is 0 Å². The lowest BCUT2D eigenvalue weighted by atomic mass is 10.2. The molecule has 0 aromatic carbocycles. The van der Waals surface area contributed by atoms with Crippen LogP contribution in [0.3, 0.4) is 0 Å². The lowest BCUT2D eigenvalue weighted by Gasteiger charge is -2.14. The summed E-state index contributed by atoms with van der Waals surface area (Å²) in [5.74, 6) is 0.872. The summed E-state index contributed by atoms with van der Waals surface area (Å²) < 4.78 is 10.6. The third-order valence-corrected chi connectivity index (χ3v) is 3.06. The third kappa shape index (κ3) is 6.81. The second kappa shape index (κ2) is 10.1. The minimum atomic E-state index is 0.352. The molecule has 1 rings (SSSR count). The normalized spacial score (nSPS) is 20.1. The Balaban J connectivity index is 1.99. The van der Waals surface area contributed by atoms with Crippen LogP contribution in [0.15, 0.2) is 4.99 Å². The van der Waals surface area contributed by atoms with Crippen LogP contribution < -0.4 is 10.6 Å². The fourth-order valence-corrected chi connectivity index (χ4v) is 1.99. The Bertz CT molecular complexity index is 228. The van der Waals surface area contributed by atoms with Crippen molar-refractivity contribution in [1.82, 2.24) is 10.6 Å². The van der Waals surface area contributed by atoms with Crippen LogP contribution in [0.1, 0.15) is 32.1 Å². The van der Waals surface area contributed by atoms with Crippen LogP contribution in [0.5, 0.6) is 0 Å². The van der Waals surface area contributed by atoms with Gasteiger partial charge in [0.05, 0.1) is 6.10 Å². The maximum Gasteiger partial charge on any atom is 0.191 e. The maximum absolute atomic E-state index is 5.56. The fraction of sp³-hybridized carbons (Fsp3) is 0.923. The molecular formula is C13H27N3O2. The second-order valence-electron chi connectivity index (χ2n) is 4.57. The summed E-state index contributed by atoms with van der Waals surface area (Å²) in [4.78, 5) is 4.20. The lowest BCUT2D eigenvalue weighted by molar-refractivity contribution is 0.114. The number of hydrogen-bond donors (Lipinski definition) is 2. The Hall–Kier alpha value is -0.810. The highest BCUT2D eigenvalue weighted by Crippen LogP contribution is 2.10. The number of guanidine groups is 1. The molecule has 5 heteroatoms. The molecule has 1 aliphatic rings. The predicted octanol–water partition coefficient (Wildman–Crippen LogP) is 1.15. The molecule has 1 saturated heterocycles. The highest BCUT2D eigenvalue weighted by atomic mass is 16.5. The van der Waals surface area contributed by atoms with Gasteiger partial charge >= 0.3 is 0 Å². The molecule has 5 nitrogen and oxygen atoms in total. The van der Waals surface area contributed by atoms with Gasteiger partial charge in [0.2, 0.25) is 0 Å². The van der Waals surface area contributed by atoms with Crippen LogP contribution in [0.2, 0.25) is 0 Å². The lowest BCUT2D eigenvalue weighted by Crippen LogP contribution is -2.41. The van der Waals surface area contributed by atoms with Gasteiger partial charge in [-0.3, -0.25) is 4.99 Å². The van der Waals surface area contributed by atoms with Crippen LogP contribution in [-0.4, -0.2) is 52.5 Å². The molecule has 0 spiro atoms. The Morgan fingerprint density at radius 1 is 1.33 bits per heavy atom. The van der Waals surface area contributed by atoms with E-state index in [2.05, 4.69) is 15.6 Å². The van der Waals surface area contributed by atoms with Crippen molar-refractivity contribution in [3.8, 4) is 0 Å². The molecule has 106 valence electrons. The Morgan fingerprint density at radius 2 is 2.22 bits per heavy atom. The molecule has 0 radical (unpaired) electrons. The summed E-state index contributed by atoms with van der Waals surface area (Å²) in [6.07, 6.45) is 6.14. The van der Waals surface area contributed by atoms with Gasteiger partial charge in [0.1, 0.15) is 0 Å². The number of hydrogen-bond acceptors (Lipinski definition) is 3. The first-order valence-corrected chi connectivity index (χ1v) is 6.92. The number of nitrogens with one attached hydrogen (secondary N) is 2. The van der Waals surface area contributed by atoms with Crippen molar-refractivity contribution in [2.45, 2.75) is 38.2 Å². The maximum atomic E-state index is 5.56. The molecule has 0 aliphatic carbocycles. The summed E-state index contributed by atoms with van der Waals surface area (Å²) in [6.45, 7) is 3.56. The van der Waals surface area contributed by atoms with E-state index in [-0.39, 0.29) is 0 Å². The van der Waals surface area contributed by atoms with Crippen molar-refractivity contribution < 1.29 is 9.47 Å². The molecule has 0 aromatic rings. The molecule has 1 atom stereocenters. The molecule has 18 heavy (non-hydrogen) atoms. The van der Waals surface area contributed by atoms with E-state index in [1.807, 2.05) is 0 Å². The highest BCUT2D eigenvalue weighted by molar-refractivity contribution is 5.79. The minimum absolute atomic E-state index is 0.352. The van der Waals surface area contributed by atoms with E-state index in [4.69, 9.17) is 9.47 Å². The molecule has 1 fully saturated rings. The Labute approximate surface area is 110 Å². The van der Waals surface area contributed by atoms with E-state index in [1.54, 1.807) is 14.2 Å². The summed E-state index contributed by atoms with van der Waals surface area (Å²) in [5.41, 5.74) is 0. The van der Waals surface area contributed by atoms with Crippen molar-refractivity contribution in [3.05, 3.63) is 0 Å². The first-order chi connectivity index (χ1) is 8.86. The average molecular weight is 257 g/mol. The number of ether oxygens (including phenoxy) is 2. The van der Waals surface area contributed by atoms with Gasteiger partial charge in [-0.1, -0.05) is 0 Å². The molecule has 0 aromatic heterocycles. The van der Waals surface area contributed by atoms with Gasteiger partial charge in [-0.15, -0.1) is 0 Å². The molecule has 0 saturated carbocycles. The van der Waals surface area contributed by atoms with Gasteiger partial charge < -0.3 is 20.1 Å². The molecule has 1 aliphatic heterocycles. The molecule has 2 N–H and O–H groups in total. The number of rotatable bonds is 8. The highest BCUT2D eigenvalue weighted by Gasteiger charge is 2.15. The van der Waals surface area contributed by atoms with Gasteiger partial charge in [-0.05, 0) is 32.1 Å². The molecule has 0 bridgehead atoms. The summed E-state index contributed by atoms with van der Waals surface area (Å²) >= 11 is 0. The molecule has 1 unspecified atom stereocenters. The largest absolute Gasteiger partial charge is 0.385 e. The fourth-order valence-electron chi connectivity index (χ4n) is 1.99. The molecule has 0 amide bonds. The van der Waals surface area contributed by atoms with Crippen LogP contribution >= 0.6 is 0 Å². The van der Waals surface area contributed by atoms with Gasteiger partial charge in [0.15, 0.2) is 5.96 Å². The van der Waals surface area contributed by atoms with E-state index >= 15 is 0 Å². The van der Waals surface area contributed by atoms with Crippen molar-refractivity contribution in [2.24, 2.45) is 4.99 Å². The van der Waals surface area contributed by atoms with Crippen LogP contribution in [0.4, 0.5) is 0 Å². The zero-order chi connectivity index (χ0) is 13.1. The topological polar surface area (TPSA) is 54.9 Å². The SMILES string of the molecule is CN=C(NCCCCCOC)NCC1CCCO1. The van der Waals surface area contributed by atoms with Gasteiger partial charge in [0, 0.05) is 40.5 Å². The van der Waals surface area contributed by atoms with E-state index < -0.39 is 0 Å². The van der Waals surface area contributed by atoms with Gasteiger partial charge in [0.25, 0.3) is 0 Å². The zero-order valence-corrected chi connectivity index (χ0v) is 11.7. The summed E-state index contributed by atoms with van der Waals surface area (Å²) in [7, 11) is 3.55. The number of methoxy groups -OCH3 is 1. The Morgan fingerprint density at radius 3 is 2.89 bits per heavy atom. The monoisotopic (exact) mass is 257 g/mol. The van der Waals surface area contributed by atoms with Gasteiger partial charge in [-0.2, -0.15) is 0 Å². The standard InChI is InChI=1S/C13H27N3O2/c1-14-13(15-8-4-3-5-9-17-2)16-11-12-7-6-10-18-12/h12H,3-11H2,1-2H3,(H2,14,15,16). The first-order valence-electron chi connectivity index (χ1n) is 6.92. The van der Waals surface area contributed by atoms with Gasteiger partial charge in [-0.25, -0.2) is 0 Å². The van der Waals surface area contributed by atoms with E-state index in [0.29, 0.717) is 6.10 Å². The number of nitrogens with zero attached hydrogens (tertiary/aromatic N) is 1.